The van der Waals surface area contributed by atoms with E-state index in [-0.39, 0.29) is 6.42 Å². The molecule has 0 aliphatic carbocycles. The Kier molecular flexibility index (Phi) is 7.82. The van der Waals surface area contributed by atoms with Crippen molar-refractivity contribution < 1.29 is 15.0 Å². The van der Waals surface area contributed by atoms with Crippen molar-refractivity contribution in [1.82, 2.24) is 5.32 Å². The van der Waals surface area contributed by atoms with Gasteiger partial charge in [-0.05, 0) is 32.6 Å². The van der Waals surface area contributed by atoms with E-state index in [1.807, 2.05) is 6.26 Å². The molecule has 0 aromatic rings. The van der Waals surface area contributed by atoms with Gasteiger partial charge in [0.25, 0.3) is 0 Å². The van der Waals surface area contributed by atoms with Gasteiger partial charge in [0.2, 0.25) is 0 Å². The molecule has 0 spiro atoms. The van der Waals surface area contributed by atoms with E-state index >= 15 is 0 Å². The number of aliphatic hydroxyl groups is 1. The predicted octanol–water partition coefficient (Wildman–Crippen LogP) is 0.945. The number of thioether (sulfide) groups is 1. The van der Waals surface area contributed by atoms with Crippen LogP contribution in [0, 0.1) is 0 Å². The van der Waals surface area contributed by atoms with E-state index in [2.05, 4.69) is 5.32 Å². The third-order valence-corrected chi connectivity index (χ3v) is 2.87. The van der Waals surface area contributed by atoms with Crippen LogP contribution in [-0.2, 0) is 4.79 Å². The molecule has 0 saturated carbocycles. The van der Waals surface area contributed by atoms with Crippen LogP contribution in [0.5, 0.6) is 0 Å². The van der Waals surface area contributed by atoms with Gasteiger partial charge in [0.05, 0.1) is 5.60 Å². The fourth-order valence-corrected chi connectivity index (χ4v) is 1.97. The molecular formula is C10H21NO3S. The molecule has 0 bridgehead atoms. The van der Waals surface area contributed by atoms with Gasteiger partial charge in [-0.25, -0.2) is 0 Å². The number of rotatable bonds is 9. The third kappa shape index (κ3) is 10.0. The monoisotopic (exact) mass is 235 g/mol. The zero-order chi connectivity index (χ0) is 11.7. The molecular weight excluding hydrogens is 214 g/mol. The smallest absolute Gasteiger partial charge is 0.303 e. The molecule has 0 saturated heterocycles. The molecule has 90 valence electrons. The number of carboxylic acids is 1. The molecule has 0 aromatic heterocycles. The van der Waals surface area contributed by atoms with Crippen LogP contribution in [0.1, 0.15) is 26.2 Å². The van der Waals surface area contributed by atoms with E-state index < -0.39 is 11.6 Å². The van der Waals surface area contributed by atoms with Gasteiger partial charge in [0.1, 0.15) is 0 Å². The maximum absolute atomic E-state index is 10.2. The third-order valence-electron chi connectivity index (χ3n) is 1.96. The largest absolute Gasteiger partial charge is 0.481 e. The minimum absolute atomic E-state index is 0.225. The zero-order valence-electron chi connectivity index (χ0n) is 9.45. The first-order valence-corrected chi connectivity index (χ1v) is 6.51. The number of hydrogen-bond donors (Lipinski definition) is 3. The average molecular weight is 235 g/mol. The molecule has 1 atom stereocenters. The van der Waals surface area contributed by atoms with Crippen LogP contribution in [0.2, 0.25) is 0 Å². The molecule has 0 heterocycles. The van der Waals surface area contributed by atoms with Gasteiger partial charge in [-0.3, -0.25) is 4.79 Å². The number of nitrogens with one attached hydrogen (secondary N) is 1. The Morgan fingerprint density at radius 3 is 2.67 bits per heavy atom. The summed E-state index contributed by atoms with van der Waals surface area (Å²) < 4.78 is 0. The van der Waals surface area contributed by atoms with Crippen LogP contribution in [0.4, 0.5) is 0 Å². The Bertz CT molecular complexity index is 186. The van der Waals surface area contributed by atoms with Gasteiger partial charge >= 0.3 is 5.97 Å². The van der Waals surface area contributed by atoms with E-state index in [9.17, 15) is 9.90 Å². The lowest BCUT2D eigenvalue weighted by molar-refractivity contribution is -0.137. The summed E-state index contributed by atoms with van der Waals surface area (Å²) in [7, 11) is 0. The van der Waals surface area contributed by atoms with Gasteiger partial charge in [0.15, 0.2) is 0 Å². The van der Waals surface area contributed by atoms with Crippen molar-refractivity contribution in [3.8, 4) is 0 Å². The SMILES string of the molecule is CSCC(C)(O)CNCCCCC(=O)O. The number of unbranched alkanes of at least 4 members (excludes halogenated alkanes) is 1. The van der Waals surface area contributed by atoms with Gasteiger partial charge in [0, 0.05) is 18.7 Å². The van der Waals surface area contributed by atoms with E-state index in [0.717, 1.165) is 13.0 Å². The van der Waals surface area contributed by atoms with Crippen LogP contribution in [0.25, 0.3) is 0 Å². The lowest BCUT2D eigenvalue weighted by atomic mass is 10.1. The van der Waals surface area contributed by atoms with Gasteiger partial charge < -0.3 is 15.5 Å². The summed E-state index contributed by atoms with van der Waals surface area (Å²) in [6, 6.07) is 0. The Hall–Kier alpha value is -0.260. The van der Waals surface area contributed by atoms with Gasteiger partial charge in [-0.2, -0.15) is 11.8 Å². The maximum atomic E-state index is 10.2. The lowest BCUT2D eigenvalue weighted by Gasteiger charge is -2.22. The normalized spacial score (nSPS) is 14.9. The standard InChI is InChI=1S/C10H21NO3S/c1-10(14,8-15-2)7-11-6-4-3-5-9(12)13/h11,14H,3-8H2,1-2H3,(H,12,13). The second-order valence-corrected chi connectivity index (χ2v) is 4.82. The molecule has 0 fully saturated rings. The van der Waals surface area contributed by atoms with E-state index in [0.29, 0.717) is 18.7 Å². The Balaban J connectivity index is 3.34. The van der Waals surface area contributed by atoms with Crippen LogP contribution in [0.3, 0.4) is 0 Å². The minimum atomic E-state index is -0.746. The molecule has 0 rings (SSSR count). The van der Waals surface area contributed by atoms with Crippen LogP contribution >= 0.6 is 11.8 Å². The van der Waals surface area contributed by atoms with Crippen LogP contribution in [0.15, 0.2) is 0 Å². The first-order valence-electron chi connectivity index (χ1n) is 5.12. The highest BCUT2D eigenvalue weighted by Gasteiger charge is 2.18. The van der Waals surface area contributed by atoms with E-state index in [1.165, 1.54) is 0 Å². The van der Waals surface area contributed by atoms with Gasteiger partial charge in [-0.15, -0.1) is 0 Å². The first-order chi connectivity index (χ1) is 6.98. The highest BCUT2D eigenvalue weighted by atomic mass is 32.2. The molecule has 1 unspecified atom stereocenters. The summed E-state index contributed by atoms with van der Waals surface area (Å²) in [6.07, 6.45) is 3.71. The molecule has 15 heavy (non-hydrogen) atoms. The maximum Gasteiger partial charge on any atom is 0.303 e. The molecule has 3 N–H and O–H groups in total. The molecule has 5 heteroatoms. The molecule has 0 aromatic carbocycles. The van der Waals surface area contributed by atoms with Crippen molar-refractivity contribution in [2.45, 2.75) is 31.8 Å². The summed E-state index contributed by atoms with van der Waals surface area (Å²) in [4.78, 5) is 10.2. The topological polar surface area (TPSA) is 69.6 Å². The molecule has 0 aliphatic heterocycles. The van der Waals surface area contributed by atoms with Crippen LogP contribution in [-0.4, -0.2) is 46.9 Å². The van der Waals surface area contributed by atoms with Crippen LogP contribution < -0.4 is 5.32 Å². The van der Waals surface area contributed by atoms with Crippen molar-refractivity contribution in [3.63, 3.8) is 0 Å². The fraction of sp³-hybridized carbons (Fsp3) is 0.900. The average Bonchev–Trinajstić information content (AvgIpc) is 2.10. The second-order valence-electron chi connectivity index (χ2n) is 3.96. The number of carbonyl (C=O) groups is 1. The minimum Gasteiger partial charge on any atom is -0.481 e. The zero-order valence-corrected chi connectivity index (χ0v) is 10.3. The van der Waals surface area contributed by atoms with Crippen molar-refractivity contribution >= 4 is 17.7 Å². The number of carboxylic acid groups (broad SMARTS) is 1. The highest BCUT2D eigenvalue weighted by Crippen LogP contribution is 2.08. The van der Waals surface area contributed by atoms with Crippen molar-refractivity contribution in [3.05, 3.63) is 0 Å². The van der Waals surface area contributed by atoms with Crippen molar-refractivity contribution in [2.75, 3.05) is 25.1 Å². The second kappa shape index (κ2) is 7.96. The van der Waals surface area contributed by atoms with Crippen molar-refractivity contribution in [2.24, 2.45) is 0 Å². The summed E-state index contributed by atoms with van der Waals surface area (Å²) in [5.41, 5.74) is -0.674. The Morgan fingerprint density at radius 2 is 2.13 bits per heavy atom. The predicted molar refractivity (Wildman–Crippen MR) is 63.4 cm³/mol. The lowest BCUT2D eigenvalue weighted by Crippen LogP contribution is -2.40. The summed E-state index contributed by atoms with van der Waals surface area (Å²) >= 11 is 1.61. The summed E-state index contributed by atoms with van der Waals surface area (Å²) in [5.74, 6) is -0.0424. The van der Waals surface area contributed by atoms with Gasteiger partial charge in [-0.1, -0.05) is 0 Å². The Morgan fingerprint density at radius 1 is 1.47 bits per heavy atom. The fourth-order valence-electron chi connectivity index (χ4n) is 1.25. The highest BCUT2D eigenvalue weighted by molar-refractivity contribution is 7.98. The number of hydrogen-bond acceptors (Lipinski definition) is 4. The molecule has 0 aliphatic rings. The summed E-state index contributed by atoms with van der Waals surface area (Å²) in [5, 5.41) is 21.3. The van der Waals surface area contributed by atoms with Crippen molar-refractivity contribution in [1.29, 1.82) is 0 Å². The van der Waals surface area contributed by atoms with E-state index in [1.54, 1.807) is 18.7 Å². The molecule has 0 amide bonds. The Labute approximate surface area is 95.4 Å². The quantitative estimate of drug-likeness (QED) is 0.519. The number of aliphatic carboxylic acids is 1. The molecule has 0 radical (unpaired) electrons. The van der Waals surface area contributed by atoms with E-state index in [4.69, 9.17) is 5.11 Å². The summed E-state index contributed by atoms with van der Waals surface area (Å²) in [6.45, 7) is 3.12. The molecule has 4 nitrogen and oxygen atoms in total. The first kappa shape index (κ1) is 14.7.